The second-order valence-electron chi connectivity index (χ2n) is 2.03. The molecule has 0 aromatic rings. The van der Waals surface area contributed by atoms with E-state index in [-0.39, 0.29) is 26.6 Å². The van der Waals surface area contributed by atoms with Crippen molar-refractivity contribution in [3.8, 4) is 0 Å². The second kappa shape index (κ2) is 12.0. The van der Waals surface area contributed by atoms with Crippen LogP contribution in [0.3, 0.4) is 0 Å². The van der Waals surface area contributed by atoms with Gasteiger partial charge in [-0.3, -0.25) is 14.1 Å². The van der Waals surface area contributed by atoms with Crippen LogP contribution in [0, 0.1) is 0 Å². The first-order valence-corrected chi connectivity index (χ1v) is 3.51. The number of methoxy groups -OCH3 is 2. The Balaban J connectivity index is -0.000000135. The van der Waals surface area contributed by atoms with Gasteiger partial charge < -0.3 is 9.47 Å². The lowest BCUT2D eigenvalue weighted by molar-refractivity contribution is -0.0579. The van der Waals surface area contributed by atoms with E-state index < -0.39 is 0 Å². The first-order chi connectivity index (χ1) is 4.63. The summed E-state index contributed by atoms with van der Waals surface area (Å²) in [6, 6.07) is 0. The minimum atomic E-state index is -0.0788. The SMILES string of the molecule is COC(C)N([S])C(C)OC.F.F.F. The molecular weight excluding hydrogens is 207 g/mol. The largest absolute Gasteiger partial charge is 0.366 e. The van der Waals surface area contributed by atoms with Crippen molar-refractivity contribution in [1.29, 1.82) is 0 Å². The van der Waals surface area contributed by atoms with Gasteiger partial charge in [-0.05, 0) is 13.8 Å². The third-order valence-corrected chi connectivity index (χ3v) is 1.99. The summed E-state index contributed by atoms with van der Waals surface area (Å²) in [7, 11) is 3.23. The fourth-order valence-electron chi connectivity index (χ4n) is 0.503. The Kier molecular flexibility index (Phi) is 21.4. The molecule has 2 unspecified atom stereocenters. The van der Waals surface area contributed by atoms with Crippen LogP contribution < -0.4 is 0 Å². The average Bonchev–Trinajstić information content (AvgIpc) is 2.00. The summed E-state index contributed by atoms with van der Waals surface area (Å²) >= 11 is 4.96. The highest BCUT2D eigenvalue weighted by Gasteiger charge is 2.15. The van der Waals surface area contributed by atoms with Crippen LogP contribution in [0.1, 0.15) is 13.8 Å². The summed E-state index contributed by atoms with van der Waals surface area (Å²) in [6.07, 6.45) is -0.158. The topological polar surface area (TPSA) is 21.7 Å². The number of halogens is 3. The van der Waals surface area contributed by atoms with Gasteiger partial charge in [-0.1, -0.05) is 0 Å². The predicted molar refractivity (Wildman–Crippen MR) is 49.9 cm³/mol. The van der Waals surface area contributed by atoms with E-state index in [0.29, 0.717) is 0 Å². The number of hydrogen-bond acceptors (Lipinski definition) is 3. The molecule has 0 aliphatic carbocycles. The summed E-state index contributed by atoms with van der Waals surface area (Å²) in [5, 5.41) is 0. The van der Waals surface area contributed by atoms with Gasteiger partial charge in [-0.15, -0.1) is 0 Å². The highest BCUT2D eigenvalue weighted by molar-refractivity contribution is 7.77. The van der Waals surface area contributed by atoms with E-state index in [4.69, 9.17) is 22.3 Å². The lowest BCUT2D eigenvalue weighted by Crippen LogP contribution is -2.34. The van der Waals surface area contributed by atoms with Crippen molar-refractivity contribution in [1.82, 2.24) is 4.31 Å². The molecule has 0 rings (SSSR count). The molecule has 13 heavy (non-hydrogen) atoms. The molecule has 0 aromatic heterocycles. The van der Waals surface area contributed by atoms with Crippen molar-refractivity contribution in [2.45, 2.75) is 26.3 Å². The first kappa shape index (κ1) is 23.1. The number of ether oxygens (including phenoxy) is 2. The van der Waals surface area contributed by atoms with E-state index in [1.54, 1.807) is 18.5 Å². The molecule has 0 amide bonds. The quantitative estimate of drug-likeness (QED) is 0.680. The van der Waals surface area contributed by atoms with Gasteiger partial charge >= 0.3 is 0 Å². The molecule has 0 N–H and O–H groups in total. The Bertz CT molecular complexity index is 91.9. The van der Waals surface area contributed by atoms with Crippen LogP contribution in [-0.4, -0.2) is 31.0 Å². The van der Waals surface area contributed by atoms with Crippen molar-refractivity contribution >= 4 is 12.8 Å². The van der Waals surface area contributed by atoms with E-state index in [1.165, 1.54) is 0 Å². The second-order valence-corrected chi connectivity index (χ2v) is 2.45. The molecule has 0 bridgehead atoms. The van der Waals surface area contributed by atoms with E-state index in [9.17, 15) is 0 Å². The van der Waals surface area contributed by atoms with Gasteiger partial charge in [0.25, 0.3) is 0 Å². The molecule has 2 atom stereocenters. The van der Waals surface area contributed by atoms with Crippen LogP contribution in [0.25, 0.3) is 0 Å². The molecule has 0 aromatic carbocycles. The molecule has 0 saturated carbocycles. The minimum Gasteiger partial charge on any atom is -0.366 e. The highest BCUT2D eigenvalue weighted by atomic mass is 32.1. The Morgan fingerprint density at radius 1 is 0.923 bits per heavy atom. The zero-order valence-corrected chi connectivity index (χ0v) is 8.87. The zero-order chi connectivity index (χ0) is 8.15. The fourth-order valence-corrected chi connectivity index (χ4v) is 0.676. The van der Waals surface area contributed by atoms with Gasteiger partial charge in [-0.2, -0.15) is 4.31 Å². The highest BCUT2D eigenvalue weighted by Crippen LogP contribution is 2.08. The minimum absolute atomic E-state index is 0. The normalized spacial score (nSPS) is 13.4. The Morgan fingerprint density at radius 2 is 1.15 bits per heavy atom. The zero-order valence-electron chi connectivity index (χ0n) is 8.05. The van der Waals surface area contributed by atoms with Crippen molar-refractivity contribution in [3.05, 3.63) is 0 Å². The maximum atomic E-state index is 4.98. The lowest BCUT2D eigenvalue weighted by Gasteiger charge is -2.25. The van der Waals surface area contributed by atoms with Crippen LogP contribution in [0.15, 0.2) is 0 Å². The molecule has 0 heterocycles. The van der Waals surface area contributed by atoms with E-state index in [0.717, 1.165) is 0 Å². The van der Waals surface area contributed by atoms with Crippen molar-refractivity contribution in [2.75, 3.05) is 14.2 Å². The Hall–Kier alpha value is 0.0200. The molecule has 0 aliphatic heterocycles. The molecule has 0 aliphatic rings. The van der Waals surface area contributed by atoms with Gasteiger partial charge in [0.05, 0.1) is 0 Å². The maximum Gasteiger partial charge on any atom is 0.119 e. The van der Waals surface area contributed by atoms with Gasteiger partial charge in [0.1, 0.15) is 12.5 Å². The molecule has 85 valence electrons. The third-order valence-electron chi connectivity index (χ3n) is 1.40. The molecule has 0 spiro atoms. The summed E-state index contributed by atoms with van der Waals surface area (Å²) in [5.74, 6) is 0. The van der Waals surface area contributed by atoms with E-state index >= 15 is 0 Å². The van der Waals surface area contributed by atoms with Gasteiger partial charge in [0.15, 0.2) is 0 Å². The summed E-state index contributed by atoms with van der Waals surface area (Å²) < 4.78 is 11.5. The van der Waals surface area contributed by atoms with Crippen LogP contribution in [-0.2, 0) is 9.47 Å². The number of nitrogens with zero attached hydrogens (tertiary/aromatic N) is 1. The van der Waals surface area contributed by atoms with Crippen LogP contribution in [0.5, 0.6) is 0 Å². The molecule has 7 heteroatoms. The van der Waals surface area contributed by atoms with E-state index in [1.807, 2.05) is 13.8 Å². The Morgan fingerprint density at radius 3 is 1.31 bits per heavy atom. The van der Waals surface area contributed by atoms with Crippen molar-refractivity contribution in [3.63, 3.8) is 0 Å². The maximum absolute atomic E-state index is 4.98. The smallest absolute Gasteiger partial charge is 0.119 e. The van der Waals surface area contributed by atoms with Crippen LogP contribution >= 0.6 is 12.8 Å². The molecule has 1 radical (unpaired) electrons. The summed E-state index contributed by atoms with van der Waals surface area (Å²) in [4.78, 5) is 0. The number of rotatable bonds is 4. The lowest BCUT2D eigenvalue weighted by atomic mass is 10.5. The van der Waals surface area contributed by atoms with Gasteiger partial charge in [0.2, 0.25) is 0 Å². The predicted octanol–water partition coefficient (Wildman–Crippen LogP) is 1.84. The number of hydrogen-bond donors (Lipinski definition) is 0. The fraction of sp³-hybridized carbons (Fsp3) is 1.00. The first-order valence-electron chi connectivity index (χ1n) is 3.14. The summed E-state index contributed by atoms with van der Waals surface area (Å²) in [5.41, 5.74) is 0. The van der Waals surface area contributed by atoms with Crippen molar-refractivity contribution < 1.29 is 23.6 Å². The summed E-state index contributed by atoms with van der Waals surface area (Å²) in [6.45, 7) is 3.76. The van der Waals surface area contributed by atoms with Crippen molar-refractivity contribution in [2.24, 2.45) is 0 Å². The molecule has 3 nitrogen and oxygen atoms in total. The monoisotopic (exact) mass is 224 g/mol. The van der Waals surface area contributed by atoms with Gasteiger partial charge in [0, 0.05) is 27.0 Å². The molecule has 0 saturated heterocycles. The average molecular weight is 224 g/mol. The van der Waals surface area contributed by atoms with Crippen LogP contribution in [0.2, 0.25) is 0 Å². The van der Waals surface area contributed by atoms with E-state index in [2.05, 4.69) is 0 Å². The van der Waals surface area contributed by atoms with Crippen LogP contribution in [0.4, 0.5) is 14.1 Å². The van der Waals surface area contributed by atoms with Gasteiger partial charge in [-0.25, -0.2) is 0 Å². The standard InChI is InChI=1S/C6H14NO2S.3FH/c1-5(8-3)7(10)6(2)9-4;;;/h5-6H,1-4H3;3*1H. The molecular formula is C6H17F3NO2S. The Labute approximate surface area is 82.0 Å². The third kappa shape index (κ3) is 8.35. The molecule has 0 fully saturated rings.